The quantitative estimate of drug-likeness (QED) is 0.716. The van der Waals surface area contributed by atoms with Gasteiger partial charge in [0.1, 0.15) is 0 Å². The maximum atomic E-state index is 12.2. The summed E-state index contributed by atoms with van der Waals surface area (Å²) in [6, 6.07) is 2.34. The van der Waals surface area contributed by atoms with Crippen molar-refractivity contribution in [1.82, 2.24) is 9.80 Å². The van der Waals surface area contributed by atoms with Gasteiger partial charge in [-0.3, -0.25) is 9.69 Å². The second-order valence-electron chi connectivity index (χ2n) is 5.48. The standard InChI is InChI=1S/C13H21N3O2/c1-13(10-14)3-2-4-16(11-13)12(17)9-15-5-7-18-8-6-15/h2-9,11H2,1H3/t13-/m1/s1. The Kier molecular flexibility index (Phi) is 4.20. The van der Waals surface area contributed by atoms with Crippen LogP contribution in [0, 0.1) is 16.7 Å². The van der Waals surface area contributed by atoms with Crippen LogP contribution < -0.4 is 0 Å². The number of nitrogens with zero attached hydrogens (tertiary/aromatic N) is 3. The van der Waals surface area contributed by atoms with Gasteiger partial charge in [0, 0.05) is 26.2 Å². The van der Waals surface area contributed by atoms with Crippen molar-refractivity contribution < 1.29 is 9.53 Å². The molecule has 0 aromatic carbocycles. The number of morpholine rings is 1. The van der Waals surface area contributed by atoms with Crippen molar-refractivity contribution in [2.24, 2.45) is 5.41 Å². The van der Waals surface area contributed by atoms with E-state index >= 15 is 0 Å². The van der Waals surface area contributed by atoms with E-state index in [2.05, 4.69) is 11.0 Å². The number of likely N-dealkylation sites (tertiary alicyclic amines) is 1. The Bertz CT molecular complexity index is 347. The van der Waals surface area contributed by atoms with Crippen molar-refractivity contribution in [2.75, 3.05) is 45.9 Å². The summed E-state index contributed by atoms with van der Waals surface area (Å²) in [5.41, 5.74) is -0.362. The van der Waals surface area contributed by atoms with Gasteiger partial charge in [0.2, 0.25) is 5.91 Å². The number of amides is 1. The normalized spacial score (nSPS) is 29.9. The third-order valence-electron chi connectivity index (χ3n) is 3.78. The Labute approximate surface area is 108 Å². The van der Waals surface area contributed by atoms with Crippen molar-refractivity contribution in [3.8, 4) is 6.07 Å². The topological polar surface area (TPSA) is 56.6 Å². The zero-order valence-corrected chi connectivity index (χ0v) is 11.0. The molecular weight excluding hydrogens is 230 g/mol. The Morgan fingerprint density at radius 2 is 2.11 bits per heavy atom. The van der Waals surface area contributed by atoms with Crippen LogP contribution in [0.25, 0.3) is 0 Å². The maximum Gasteiger partial charge on any atom is 0.236 e. The van der Waals surface area contributed by atoms with Gasteiger partial charge in [-0.05, 0) is 19.8 Å². The van der Waals surface area contributed by atoms with Crippen LogP contribution in [-0.2, 0) is 9.53 Å². The number of nitriles is 1. The van der Waals surface area contributed by atoms with Gasteiger partial charge in [0.15, 0.2) is 0 Å². The van der Waals surface area contributed by atoms with Crippen LogP contribution >= 0.6 is 0 Å². The SMILES string of the molecule is C[C@]1(C#N)CCCN(C(=O)CN2CCOCC2)C1. The van der Waals surface area contributed by atoms with Crippen LogP contribution in [0.1, 0.15) is 19.8 Å². The summed E-state index contributed by atoms with van der Waals surface area (Å²) in [7, 11) is 0. The van der Waals surface area contributed by atoms with Gasteiger partial charge in [-0.15, -0.1) is 0 Å². The van der Waals surface area contributed by atoms with Gasteiger partial charge in [0.05, 0.1) is 31.2 Å². The minimum absolute atomic E-state index is 0.151. The highest BCUT2D eigenvalue weighted by Gasteiger charge is 2.33. The Hall–Kier alpha value is -1.12. The lowest BCUT2D eigenvalue weighted by Crippen LogP contribution is -2.49. The number of carbonyl (C=O) groups is 1. The number of carbonyl (C=O) groups excluding carboxylic acids is 1. The minimum Gasteiger partial charge on any atom is -0.379 e. The van der Waals surface area contributed by atoms with E-state index < -0.39 is 0 Å². The smallest absolute Gasteiger partial charge is 0.236 e. The first-order valence-electron chi connectivity index (χ1n) is 6.62. The molecule has 2 rings (SSSR count). The Balaban J connectivity index is 1.86. The highest BCUT2D eigenvalue weighted by molar-refractivity contribution is 5.78. The van der Waals surface area contributed by atoms with Gasteiger partial charge in [0.25, 0.3) is 0 Å². The van der Waals surface area contributed by atoms with E-state index in [1.165, 1.54) is 0 Å². The molecule has 0 radical (unpaired) electrons. The van der Waals surface area contributed by atoms with E-state index in [1.54, 1.807) is 0 Å². The molecule has 100 valence electrons. The lowest BCUT2D eigenvalue weighted by atomic mass is 9.83. The Morgan fingerprint density at radius 1 is 1.39 bits per heavy atom. The molecule has 0 saturated carbocycles. The number of ether oxygens (including phenoxy) is 1. The molecule has 2 aliphatic rings. The molecule has 0 N–H and O–H groups in total. The van der Waals surface area contributed by atoms with Crippen LogP contribution in [0.15, 0.2) is 0 Å². The zero-order chi connectivity index (χ0) is 13.0. The summed E-state index contributed by atoms with van der Waals surface area (Å²) in [5.74, 6) is 0.151. The molecule has 2 heterocycles. The summed E-state index contributed by atoms with van der Waals surface area (Å²) in [6.45, 7) is 6.86. The molecule has 2 aliphatic heterocycles. The van der Waals surface area contributed by atoms with Gasteiger partial charge in [-0.1, -0.05) is 0 Å². The first kappa shape index (κ1) is 13.3. The highest BCUT2D eigenvalue weighted by Crippen LogP contribution is 2.28. The number of piperidine rings is 1. The van der Waals surface area contributed by atoms with E-state index in [1.807, 2.05) is 11.8 Å². The molecule has 0 unspecified atom stereocenters. The summed E-state index contributed by atoms with van der Waals surface area (Å²) in [4.78, 5) is 16.2. The van der Waals surface area contributed by atoms with Crippen molar-refractivity contribution in [3.63, 3.8) is 0 Å². The number of rotatable bonds is 2. The minimum atomic E-state index is -0.362. The van der Waals surface area contributed by atoms with Gasteiger partial charge >= 0.3 is 0 Å². The highest BCUT2D eigenvalue weighted by atomic mass is 16.5. The molecule has 2 saturated heterocycles. The molecule has 0 aromatic heterocycles. The summed E-state index contributed by atoms with van der Waals surface area (Å²) < 4.78 is 5.27. The van der Waals surface area contributed by atoms with Crippen LogP contribution in [-0.4, -0.2) is 61.6 Å². The van der Waals surface area contributed by atoms with Crippen molar-refractivity contribution in [1.29, 1.82) is 5.26 Å². The fourth-order valence-corrected chi connectivity index (χ4v) is 2.59. The molecular formula is C13H21N3O2. The summed E-state index contributed by atoms with van der Waals surface area (Å²) in [5, 5.41) is 9.16. The van der Waals surface area contributed by atoms with Crippen LogP contribution in [0.5, 0.6) is 0 Å². The molecule has 0 aromatic rings. The van der Waals surface area contributed by atoms with Crippen LogP contribution in [0.4, 0.5) is 0 Å². The lowest BCUT2D eigenvalue weighted by molar-refractivity contribution is -0.135. The fourth-order valence-electron chi connectivity index (χ4n) is 2.59. The van der Waals surface area contributed by atoms with E-state index in [4.69, 9.17) is 10.00 Å². The second-order valence-corrected chi connectivity index (χ2v) is 5.48. The molecule has 1 amide bonds. The van der Waals surface area contributed by atoms with Gasteiger partial charge in [-0.25, -0.2) is 0 Å². The van der Waals surface area contributed by atoms with Crippen LogP contribution in [0.2, 0.25) is 0 Å². The monoisotopic (exact) mass is 251 g/mol. The molecule has 0 spiro atoms. The Morgan fingerprint density at radius 3 is 2.78 bits per heavy atom. The van der Waals surface area contributed by atoms with Gasteiger partial charge < -0.3 is 9.64 Å². The largest absolute Gasteiger partial charge is 0.379 e. The third-order valence-corrected chi connectivity index (χ3v) is 3.78. The average Bonchev–Trinajstić information content (AvgIpc) is 2.40. The molecule has 5 nitrogen and oxygen atoms in total. The average molecular weight is 251 g/mol. The van der Waals surface area contributed by atoms with Crippen LogP contribution in [0.3, 0.4) is 0 Å². The predicted octanol–water partition coefficient (Wildman–Crippen LogP) is 0.471. The summed E-state index contributed by atoms with van der Waals surface area (Å²) in [6.07, 6.45) is 1.82. The third kappa shape index (κ3) is 3.21. The van der Waals surface area contributed by atoms with E-state index in [-0.39, 0.29) is 11.3 Å². The molecule has 18 heavy (non-hydrogen) atoms. The molecule has 0 bridgehead atoms. The molecule has 2 fully saturated rings. The number of hydrogen-bond acceptors (Lipinski definition) is 4. The summed E-state index contributed by atoms with van der Waals surface area (Å²) >= 11 is 0. The maximum absolute atomic E-state index is 12.2. The first-order valence-corrected chi connectivity index (χ1v) is 6.62. The fraction of sp³-hybridized carbons (Fsp3) is 0.846. The van der Waals surface area contributed by atoms with Crippen molar-refractivity contribution in [3.05, 3.63) is 0 Å². The first-order chi connectivity index (χ1) is 8.63. The van der Waals surface area contributed by atoms with Crippen molar-refractivity contribution >= 4 is 5.91 Å². The molecule has 0 aliphatic carbocycles. The predicted molar refractivity (Wildman–Crippen MR) is 66.8 cm³/mol. The van der Waals surface area contributed by atoms with E-state index in [0.29, 0.717) is 26.3 Å². The van der Waals surface area contributed by atoms with Crippen molar-refractivity contribution in [2.45, 2.75) is 19.8 Å². The molecule has 5 heteroatoms. The van der Waals surface area contributed by atoms with E-state index in [9.17, 15) is 4.79 Å². The van der Waals surface area contributed by atoms with E-state index in [0.717, 1.165) is 32.5 Å². The van der Waals surface area contributed by atoms with Gasteiger partial charge in [-0.2, -0.15) is 5.26 Å². The second kappa shape index (κ2) is 5.68. The molecule has 1 atom stereocenters. The number of hydrogen-bond donors (Lipinski definition) is 0. The zero-order valence-electron chi connectivity index (χ0n) is 11.0. The lowest BCUT2D eigenvalue weighted by Gasteiger charge is -2.37.